The van der Waals surface area contributed by atoms with Gasteiger partial charge >= 0.3 is 11.9 Å². The van der Waals surface area contributed by atoms with E-state index in [4.69, 9.17) is 34.4 Å². The van der Waals surface area contributed by atoms with Crippen LogP contribution in [0.3, 0.4) is 0 Å². The van der Waals surface area contributed by atoms with Gasteiger partial charge in [0.15, 0.2) is 34.6 Å². The Balaban J connectivity index is 4.31. The maximum atomic E-state index is 12.4. The van der Waals surface area contributed by atoms with Crippen molar-refractivity contribution in [3.05, 3.63) is 0 Å². The second-order valence-corrected chi connectivity index (χ2v) is 8.84. The molecule has 14 nitrogen and oxygen atoms in total. The van der Waals surface area contributed by atoms with E-state index >= 15 is 0 Å². The fraction of sp³-hybridized carbons (Fsp3) is 0.727. The van der Waals surface area contributed by atoms with Gasteiger partial charge in [-0.1, -0.05) is 25.7 Å². The normalized spacial score (nSPS) is 14.2. The summed E-state index contributed by atoms with van der Waals surface area (Å²) in [6, 6.07) is 0. The minimum Gasteiger partial charge on any atom is -0.480 e. The number of Topliss-reactive ketones (excluding diaryl/α,β-unsaturated/α-hetero) is 2. The average Bonchev–Trinajstić information content (AvgIpc) is 2.79. The number of nitrogens with zero attached hydrogens (tertiary/aromatic N) is 2. The molecule has 36 heavy (non-hydrogen) atoms. The molecule has 0 amide bonds. The van der Waals surface area contributed by atoms with Crippen LogP contribution in [0.1, 0.15) is 77.0 Å². The SMILES string of the molecule is NC(N)=NCCCC(N)(C(=O)O)C(=O)CCCCCCCCC(=O)C(N)(CCCN=C(N)N)C(=O)O. The molecule has 0 spiro atoms. The third-order valence-corrected chi connectivity index (χ3v) is 5.86. The molecule has 0 heterocycles. The Labute approximate surface area is 210 Å². The van der Waals surface area contributed by atoms with E-state index in [9.17, 15) is 29.4 Å². The van der Waals surface area contributed by atoms with E-state index in [-0.39, 0.29) is 63.5 Å². The number of rotatable bonds is 21. The maximum Gasteiger partial charge on any atom is 0.331 e. The third-order valence-electron chi connectivity index (χ3n) is 5.86. The van der Waals surface area contributed by atoms with E-state index in [0.717, 1.165) is 12.8 Å². The minimum absolute atomic E-state index is 0.0394. The molecule has 0 bridgehead atoms. The molecule has 206 valence electrons. The van der Waals surface area contributed by atoms with E-state index in [2.05, 4.69) is 9.98 Å². The van der Waals surface area contributed by atoms with Crippen LogP contribution in [0, 0.1) is 0 Å². The highest BCUT2D eigenvalue weighted by Gasteiger charge is 2.41. The first-order valence-electron chi connectivity index (χ1n) is 12.0. The molecule has 0 saturated carbocycles. The van der Waals surface area contributed by atoms with Gasteiger partial charge in [-0.05, 0) is 38.5 Å². The lowest BCUT2D eigenvalue weighted by Crippen LogP contribution is -2.55. The number of hydrogen-bond donors (Lipinski definition) is 8. The molecule has 0 saturated heterocycles. The van der Waals surface area contributed by atoms with Gasteiger partial charge in [-0.15, -0.1) is 0 Å². The highest BCUT2D eigenvalue weighted by atomic mass is 16.4. The molecule has 0 aromatic rings. The summed E-state index contributed by atoms with van der Waals surface area (Å²) in [6.07, 6.45) is 4.32. The molecule has 2 atom stereocenters. The number of carbonyl (C=O) groups is 4. The Kier molecular flexibility index (Phi) is 14.9. The van der Waals surface area contributed by atoms with Crippen molar-refractivity contribution in [2.75, 3.05) is 13.1 Å². The van der Waals surface area contributed by atoms with E-state index in [0.29, 0.717) is 25.7 Å². The van der Waals surface area contributed by atoms with Gasteiger partial charge in [0.2, 0.25) is 0 Å². The molecule has 14 N–H and O–H groups in total. The minimum atomic E-state index is -1.97. The van der Waals surface area contributed by atoms with Gasteiger partial charge < -0.3 is 44.6 Å². The van der Waals surface area contributed by atoms with Crippen molar-refractivity contribution in [1.29, 1.82) is 0 Å². The quantitative estimate of drug-likeness (QED) is 0.0392. The van der Waals surface area contributed by atoms with Crippen molar-refractivity contribution < 1.29 is 29.4 Å². The molecule has 0 aromatic heterocycles. The Bertz CT molecular complexity index is 744. The number of ketones is 2. The molecule has 0 aliphatic heterocycles. The number of hydrogen-bond acceptors (Lipinski definition) is 8. The largest absolute Gasteiger partial charge is 0.480 e. The zero-order valence-electron chi connectivity index (χ0n) is 20.8. The number of nitrogens with two attached hydrogens (primary N) is 6. The van der Waals surface area contributed by atoms with E-state index in [1.807, 2.05) is 0 Å². The molecular formula is C22H42N8O6. The molecule has 0 fully saturated rings. The summed E-state index contributed by atoms with van der Waals surface area (Å²) < 4.78 is 0. The predicted octanol–water partition coefficient (Wildman–Crippen LogP) is -1.08. The third kappa shape index (κ3) is 11.9. The number of carbonyl (C=O) groups excluding carboxylic acids is 2. The second kappa shape index (κ2) is 16.4. The molecule has 2 unspecified atom stereocenters. The van der Waals surface area contributed by atoms with Crippen LogP contribution in [0.2, 0.25) is 0 Å². The van der Waals surface area contributed by atoms with Crippen molar-refractivity contribution in [2.45, 2.75) is 88.1 Å². The topological polar surface area (TPSA) is 290 Å². The lowest BCUT2D eigenvalue weighted by molar-refractivity contribution is -0.150. The monoisotopic (exact) mass is 514 g/mol. The number of carboxylic acid groups (broad SMARTS) is 2. The first-order valence-corrected chi connectivity index (χ1v) is 12.0. The van der Waals surface area contributed by atoms with E-state index < -0.39 is 34.6 Å². The number of guanidine groups is 2. The molecular weight excluding hydrogens is 472 g/mol. The summed E-state index contributed by atoms with van der Waals surface area (Å²) in [5.74, 6) is -4.08. The molecule has 0 aliphatic carbocycles. The number of unbranched alkanes of at least 4 members (excludes halogenated alkanes) is 5. The number of carboxylic acids is 2. The molecule has 0 aliphatic rings. The molecule has 0 radical (unpaired) electrons. The molecule has 0 rings (SSSR count). The number of aliphatic carboxylic acids is 2. The van der Waals surface area contributed by atoms with Gasteiger partial charge in [-0.3, -0.25) is 19.6 Å². The van der Waals surface area contributed by atoms with Crippen molar-refractivity contribution >= 4 is 35.4 Å². The molecule has 14 heteroatoms. The van der Waals surface area contributed by atoms with Crippen molar-refractivity contribution in [1.82, 2.24) is 0 Å². The number of aliphatic imine (C=N–C) groups is 2. The van der Waals surface area contributed by atoms with Gasteiger partial charge in [0.05, 0.1) is 0 Å². The zero-order valence-corrected chi connectivity index (χ0v) is 20.8. The van der Waals surface area contributed by atoms with Crippen LogP contribution >= 0.6 is 0 Å². The summed E-state index contributed by atoms with van der Waals surface area (Å²) in [5.41, 5.74) is 28.6. The van der Waals surface area contributed by atoms with Gasteiger partial charge in [0, 0.05) is 25.9 Å². The molecule has 0 aromatic carbocycles. The fourth-order valence-corrected chi connectivity index (χ4v) is 3.59. The fourth-order valence-electron chi connectivity index (χ4n) is 3.59. The van der Waals surface area contributed by atoms with Crippen molar-refractivity contribution in [2.24, 2.45) is 44.4 Å². The van der Waals surface area contributed by atoms with Gasteiger partial charge in [0.1, 0.15) is 0 Å². The Morgan fingerprint density at radius 3 is 1.14 bits per heavy atom. The highest BCUT2D eigenvalue weighted by molar-refractivity contribution is 6.08. The standard InChI is InChI=1S/C22H42N8O6/c23-19(24)29-13-7-11-21(27,17(33)34)15(31)9-5-3-1-2-4-6-10-16(32)22(28,18(35)36)12-8-14-30-20(25)26/h1-14,27-28H2,(H,33,34)(H,35,36)(H4,23,24,29)(H4,25,26,30). The van der Waals surface area contributed by atoms with Crippen LogP contribution in [0.4, 0.5) is 0 Å². The van der Waals surface area contributed by atoms with Crippen LogP contribution in [-0.4, -0.2) is 69.8 Å². The van der Waals surface area contributed by atoms with Gasteiger partial charge in [-0.2, -0.15) is 0 Å². The van der Waals surface area contributed by atoms with E-state index in [1.54, 1.807) is 0 Å². The highest BCUT2D eigenvalue weighted by Crippen LogP contribution is 2.19. The summed E-state index contributed by atoms with van der Waals surface area (Å²) in [5, 5.41) is 18.8. The van der Waals surface area contributed by atoms with Gasteiger partial charge in [-0.25, -0.2) is 9.59 Å². The van der Waals surface area contributed by atoms with Crippen molar-refractivity contribution in [3.8, 4) is 0 Å². The maximum absolute atomic E-state index is 12.4. The summed E-state index contributed by atoms with van der Waals surface area (Å²) >= 11 is 0. The average molecular weight is 515 g/mol. The Morgan fingerprint density at radius 2 is 0.861 bits per heavy atom. The van der Waals surface area contributed by atoms with Crippen LogP contribution in [0.25, 0.3) is 0 Å². The van der Waals surface area contributed by atoms with Crippen LogP contribution < -0.4 is 34.4 Å². The summed E-state index contributed by atoms with van der Waals surface area (Å²) in [7, 11) is 0. The van der Waals surface area contributed by atoms with Crippen molar-refractivity contribution in [3.63, 3.8) is 0 Å². The summed E-state index contributed by atoms with van der Waals surface area (Å²) in [4.78, 5) is 55.4. The second-order valence-electron chi connectivity index (χ2n) is 8.84. The summed E-state index contributed by atoms with van der Waals surface area (Å²) in [6.45, 7) is 0.361. The van der Waals surface area contributed by atoms with E-state index in [1.165, 1.54) is 0 Å². The Morgan fingerprint density at radius 1 is 0.556 bits per heavy atom. The zero-order chi connectivity index (χ0) is 27.8. The lowest BCUT2D eigenvalue weighted by atomic mass is 9.86. The first kappa shape index (κ1) is 32.7. The van der Waals surface area contributed by atoms with Crippen LogP contribution in [-0.2, 0) is 19.2 Å². The predicted molar refractivity (Wildman–Crippen MR) is 136 cm³/mol. The van der Waals surface area contributed by atoms with Crippen LogP contribution in [0.15, 0.2) is 9.98 Å². The smallest absolute Gasteiger partial charge is 0.331 e. The lowest BCUT2D eigenvalue weighted by Gasteiger charge is -2.23. The van der Waals surface area contributed by atoms with Gasteiger partial charge in [0.25, 0.3) is 0 Å². The first-order chi connectivity index (χ1) is 16.8. The van der Waals surface area contributed by atoms with Crippen LogP contribution in [0.5, 0.6) is 0 Å². The Hall–Kier alpha value is -3.26.